The number of hydrogen-bond donors (Lipinski definition) is 1. The maximum atomic E-state index is 9.60. The highest BCUT2D eigenvalue weighted by atomic mass is 32.2. The lowest BCUT2D eigenvalue weighted by molar-refractivity contribution is 0.129. The van der Waals surface area contributed by atoms with Crippen LogP contribution >= 0.6 is 11.8 Å². The second-order valence-corrected chi connectivity index (χ2v) is 6.96. The van der Waals surface area contributed by atoms with Crippen molar-refractivity contribution in [3.63, 3.8) is 0 Å². The summed E-state index contributed by atoms with van der Waals surface area (Å²) in [7, 11) is 0. The van der Waals surface area contributed by atoms with Gasteiger partial charge in [0.15, 0.2) is 0 Å². The van der Waals surface area contributed by atoms with Gasteiger partial charge >= 0.3 is 0 Å². The normalized spacial score (nSPS) is 30.9. The average molecular weight is 266 g/mol. The molecule has 2 saturated carbocycles. The maximum absolute atomic E-state index is 9.60. The van der Waals surface area contributed by atoms with Crippen LogP contribution in [0.15, 0.2) is 0 Å². The Hall–Kier alpha value is -0.240. The molecule has 4 heteroatoms. The Morgan fingerprint density at radius 3 is 2.67 bits per heavy atom. The molecule has 3 rings (SSSR count). The molecule has 2 aliphatic carbocycles. The quantitative estimate of drug-likeness (QED) is 0.768. The first-order valence-electron chi connectivity index (χ1n) is 7.21. The Kier molecular flexibility index (Phi) is 3.83. The molecule has 3 fully saturated rings. The Morgan fingerprint density at radius 1 is 1.28 bits per heavy atom. The smallest absolute Gasteiger partial charge is 0.118 e. The van der Waals surface area contributed by atoms with Crippen molar-refractivity contribution in [3.05, 3.63) is 0 Å². The van der Waals surface area contributed by atoms with Gasteiger partial charge in [-0.2, -0.15) is 17.0 Å². The molecule has 1 heterocycles. The molecule has 1 saturated heterocycles. The van der Waals surface area contributed by atoms with Crippen LogP contribution in [0.1, 0.15) is 38.5 Å². The summed E-state index contributed by atoms with van der Waals surface area (Å²) in [5.41, 5.74) is -0.246. The van der Waals surface area contributed by atoms with Gasteiger partial charge in [0.2, 0.25) is 0 Å². The van der Waals surface area contributed by atoms with Gasteiger partial charge < -0.3 is 4.74 Å². The lowest BCUT2D eigenvalue weighted by atomic mass is 9.97. The van der Waals surface area contributed by atoms with Gasteiger partial charge in [-0.3, -0.25) is 5.32 Å². The average Bonchev–Trinajstić information content (AvgIpc) is 3.29. The second kappa shape index (κ2) is 5.40. The van der Waals surface area contributed by atoms with Crippen LogP contribution < -0.4 is 5.32 Å². The first-order valence-corrected chi connectivity index (χ1v) is 8.36. The van der Waals surface area contributed by atoms with E-state index in [1.54, 1.807) is 0 Å². The van der Waals surface area contributed by atoms with Crippen LogP contribution in [-0.4, -0.2) is 35.8 Å². The van der Waals surface area contributed by atoms with Crippen molar-refractivity contribution < 1.29 is 4.74 Å². The molecule has 3 aliphatic rings. The molecule has 0 radical (unpaired) electrons. The number of rotatable bonds is 7. The molecular weight excluding hydrogens is 244 g/mol. The summed E-state index contributed by atoms with van der Waals surface area (Å²) in [6.07, 6.45) is 7.82. The van der Waals surface area contributed by atoms with E-state index in [0.29, 0.717) is 18.1 Å². The van der Waals surface area contributed by atoms with Crippen LogP contribution in [0, 0.1) is 17.2 Å². The van der Waals surface area contributed by atoms with Gasteiger partial charge in [-0.1, -0.05) is 0 Å². The van der Waals surface area contributed by atoms with Gasteiger partial charge in [-0.05, 0) is 44.4 Å². The molecule has 2 atom stereocenters. The molecular formula is C14H22N2OS. The Bertz CT molecular complexity index is 329. The van der Waals surface area contributed by atoms with Gasteiger partial charge in [0.25, 0.3) is 0 Å². The molecule has 0 bridgehead atoms. The first-order chi connectivity index (χ1) is 8.82. The summed E-state index contributed by atoms with van der Waals surface area (Å²) in [5.74, 6) is 2.59. The molecule has 2 unspecified atom stereocenters. The van der Waals surface area contributed by atoms with Crippen molar-refractivity contribution in [1.29, 1.82) is 5.26 Å². The van der Waals surface area contributed by atoms with Crippen LogP contribution in [0.25, 0.3) is 0 Å². The van der Waals surface area contributed by atoms with Crippen LogP contribution in [0.2, 0.25) is 0 Å². The third-order valence-corrected chi connectivity index (χ3v) is 5.44. The summed E-state index contributed by atoms with van der Waals surface area (Å²) in [4.78, 5) is 0. The zero-order valence-electron chi connectivity index (χ0n) is 10.9. The van der Waals surface area contributed by atoms with E-state index in [4.69, 9.17) is 4.74 Å². The minimum absolute atomic E-state index is 0.246. The van der Waals surface area contributed by atoms with E-state index >= 15 is 0 Å². The van der Waals surface area contributed by atoms with Crippen molar-refractivity contribution in [1.82, 2.24) is 5.32 Å². The van der Waals surface area contributed by atoms with Crippen LogP contribution in [0.4, 0.5) is 0 Å². The molecule has 3 nitrogen and oxygen atoms in total. The molecule has 0 spiro atoms. The van der Waals surface area contributed by atoms with Crippen molar-refractivity contribution in [2.75, 3.05) is 18.1 Å². The molecule has 0 amide bonds. The molecule has 1 N–H and O–H groups in total. The largest absolute Gasteiger partial charge is 0.377 e. The lowest BCUT2D eigenvalue weighted by Crippen LogP contribution is -2.49. The molecule has 1 aliphatic heterocycles. The zero-order valence-corrected chi connectivity index (χ0v) is 11.7. The highest BCUT2D eigenvalue weighted by Crippen LogP contribution is 2.43. The third-order valence-electron chi connectivity index (χ3n) is 4.17. The summed E-state index contributed by atoms with van der Waals surface area (Å²) < 4.78 is 5.65. The Balaban J connectivity index is 1.50. The zero-order chi connectivity index (χ0) is 12.4. The van der Waals surface area contributed by atoms with Gasteiger partial charge in [0.1, 0.15) is 5.54 Å². The van der Waals surface area contributed by atoms with Gasteiger partial charge in [0, 0.05) is 24.2 Å². The number of ether oxygens (including phenoxy) is 1. The summed E-state index contributed by atoms with van der Waals surface area (Å²) in [5, 5.41) is 13.2. The second-order valence-electron chi connectivity index (χ2n) is 5.93. The molecule has 0 aromatic rings. The van der Waals surface area contributed by atoms with E-state index < -0.39 is 0 Å². The fraction of sp³-hybridized carbons (Fsp3) is 0.929. The molecule has 18 heavy (non-hydrogen) atoms. The Morgan fingerprint density at radius 2 is 2.11 bits per heavy atom. The first kappa shape index (κ1) is 12.8. The predicted octanol–water partition coefficient (Wildman–Crippen LogP) is 2.32. The standard InChI is InChI=1S/C14H22N2OS/c15-9-14(11-3-4-11,16-12-5-6-12)10-18-8-13-2-1-7-17-13/h11-13,16H,1-8,10H2. The number of nitrogens with zero attached hydrogens (tertiary/aromatic N) is 1. The van der Waals surface area contributed by atoms with Crippen molar-refractivity contribution in [2.45, 2.75) is 56.2 Å². The monoisotopic (exact) mass is 266 g/mol. The maximum Gasteiger partial charge on any atom is 0.118 e. The van der Waals surface area contributed by atoms with E-state index in [1.807, 2.05) is 11.8 Å². The molecule has 100 valence electrons. The predicted molar refractivity (Wildman–Crippen MR) is 73.5 cm³/mol. The molecule has 0 aromatic carbocycles. The van der Waals surface area contributed by atoms with E-state index in [0.717, 1.165) is 18.1 Å². The topological polar surface area (TPSA) is 45.0 Å². The van der Waals surface area contributed by atoms with Gasteiger partial charge in [0.05, 0.1) is 12.2 Å². The highest BCUT2D eigenvalue weighted by Gasteiger charge is 2.48. The molecule has 0 aromatic heterocycles. The summed E-state index contributed by atoms with van der Waals surface area (Å²) >= 11 is 1.91. The lowest BCUT2D eigenvalue weighted by Gasteiger charge is -2.28. The number of nitriles is 1. The highest BCUT2D eigenvalue weighted by molar-refractivity contribution is 7.99. The third kappa shape index (κ3) is 3.01. The summed E-state index contributed by atoms with van der Waals surface area (Å²) in [6.45, 7) is 0.928. The fourth-order valence-corrected chi connectivity index (χ4v) is 4.08. The van der Waals surface area contributed by atoms with E-state index in [-0.39, 0.29) is 5.54 Å². The van der Waals surface area contributed by atoms with Crippen LogP contribution in [0.3, 0.4) is 0 Å². The number of nitrogens with one attached hydrogen (secondary N) is 1. The van der Waals surface area contributed by atoms with Crippen molar-refractivity contribution >= 4 is 11.8 Å². The number of thioether (sulfide) groups is 1. The van der Waals surface area contributed by atoms with Crippen LogP contribution in [-0.2, 0) is 4.74 Å². The van der Waals surface area contributed by atoms with Crippen LogP contribution in [0.5, 0.6) is 0 Å². The summed E-state index contributed by atoms with van der Waals surface area (Å²) in [6, 6.07) is 3.22. The van der Waals surface area contributed by atoms with Gasteiger partial charge in [-0.25, -0.2) is 0 Å². The number of hydrogen-bond acceptors (Lipinski definition) is 4. The van der Waals surface area contributed by atoms with E-state index in [1.165, 1.54) is 38.5 Å². The minimum Gasteiger partial charge on any atom is -0.377 e. The Labute approximate surface area is 114 Å². The minimum atomic E-state index is -0.246. The van der Waals surface area contributed by atoms with Crippen molar-refractivity contribution in [2.24, 2.45) is 5.92 Å². The van der Waals surface area contributed by atoms with Crippen molar-refractivity contribution in [3.8, 4) is 6.07 Å². The SMILES string of the molecule is N#CC(CSCC1CCCO1)(NC1CC1)C1CC1. The van der Waals surface area contributed by atoms with E-state index in [2.05, 4.69) is 11.4 Å². The fourth-order valence-electron chi connectivity index (χ4n) is 2.73. The van der Waals surface area contributed by atoms with E-state index in [9.17, 15) is 5.26 Å². The van der Waals surface area contributed by atoms with Gasteiger partial charge in [-0.15, -0.1) is 0 Å².